The number of aldehydes is 1. The lowest BCUT2D eigenvalue weighted by molar-refractivity contribution is -0.133. The summed E-state index contributed by atoms with van der Waals surface area (Å²) in [6, 6.07) is 4.86. The number of nitrogens with zero attached hydrogens (tertiary/aromatic N) is 1. The number of carbonyl (C=O) groups is 2. The van der Waals surface area contributed by atoms with Crippen molar-refractivity contribution in [3.63, 3.8) is 0 Å². The minimum Gasteiger partial charge on any atom is -0.464 e. The summed E-state index contributed by atoms with van der Waals surface area (Å²) < 4.78 is 34.6. The van der Waals surface area contributed by atoms with E-state index in [-0.39, 0.29) is 11.2 Å². The van der Waals surface area contributed by atoms with E-state index in [4.69, 9.17) is 4.55 Å². The summed E-state index contributed by atoms with van der Waals surface area (Å²) in [4.78, 5) is 21.3. The molecule has 0 heterocycles. The Kier molecular flexibility index (Phi) is 4.73. The molecule has 0 saturated heterocycles. The first kappa shape index (κ1) is 14.8. The van der Waals surface area contributed by atoms with Gasteiger partial charge >= 0.3 is 5.97 Å². The molecule has 8 nitrogen and oxygen atoms in total. The molecule has 0 spiro atoms. The largest absolute Gasteiger partial charge is 0.464 e. The molecule has 1 aromatic carbocycles. The van der Waals surface area contributed by atoms with Crippen molar-refractivity contribution < 1.29 is 27.3 Å². The zero-order valence-electron chi connectivity index (χ0n) is 9.73. The predicted octanol–water partition coefficient (Wildman–Crippen LogP) is 0.0731. The molecular weight excluding hydrogens is 276 g/mol. The molecule has 0 saturated carbocycles. The van der Waals surface area contributed by atoms with Gasteiger partial charge in [0.15, 0.2) is 6.29 Å². The fourth-order valence-corrected chi connectivity index (χ4v) is 1.53. The maximum absolute atomic E-state index is 11.0. The monoisotopic (exact) mass is 286 g/mol. The molecule has 0 aromatic heterocycles. The molecule has 0 aliphatic carbocycles. The molecule has 0 aliphatic heterocycles. The molecule has 102 valence electrons. The van der Waals surface area contributed by atoms with E-state index >= 15 is 0 Å². The van der Waals surface area contributed by atoms with Crippen LogP contribution in [-0.4, -0.2) is 38.0 Å². The number of hydrazone groups is 1. The van der Waals surface area contributed by atoms with Crippen molar-refractivity contribution in [2.24, 2.45) is 5.10 Å². The van der Waals surface area contributed by atoms with Crippen molar-refractivity contribution in [2.45, 2.75) is 4.90 Å². The average Bonchev–Trinajstić information content (AvgIpc) is 2.38. The number of rotatable bonds is 5. The summed E-state index contributed by atoms with van der Waals surface area (Å²) in [5.41, 5.74) is 2.21. The van der Waals surface area contributed by atoms with Crippen LogP contribution in [0.15, 0.2) is 34.3 Å². The number of methoxy groups -OCH3 is 1. The Morgan fingerprint density at radius 3 is 2.37 bits per heavy atom. The summed E-state index contributed by atoms with van der Waals surface area (Å²) >= 11 is 0. The van der Waals surface area contributed by atoms with E-state index < -0.39 is 21.8 Å². The van der Waals surface area contributed by atoms with Crippen LogP contribution in [0.3, 0.4) is 0 Å². The summed E-state index contributed by atoms with van der Waals surface area (Å²) in [5, 5.41) is 3.49. The van der Waals surface area contributed by atoms with Crippen LogP contribution in [0, 0.1) is 0 Å². The third-order valence-corrected chi connectivity index (χ3v) is 2.83. The van der Waals surface area contributed by atoms with Crippen LogP contribution in [0.4, 0.5) is 5.69 Å². The van der Waals surface area contributed by atoms with Gasteiger partial charge in [-0.15, -0.1) is 0 Å². The first-order valence-electron chi connectivity index (χ1n) is 4.83. The minimum atomic E-state index is -4.27. The van der Waals surface area contributed by atoms with Gasteiger partial charge in [0, 0.05) is 0 Å². The molecule has 1 rings (SSSR count). The highest BCUT2D eigenvalue weighted by atomic mass is 32.2. The van der Waals surface area contributed by atoms with Gasteiger partial charge in [-0.25, -0.2) is 4.79 Å². The summed E-state index contributed by atoms with van der Waals surface area (Å²) in [6.07, 6.45) is 0.214. The lowest BCUT2D eigenvalue weighted by Crippen LogP contribution is -2.18. The van der Waals surface area contributed by atoms with Crippen molar-refractivity contribution in [1.29, 1.82) is 0 Å². The topological polar surface area (TPSA) is 122 Å². The SMILES string of the molecule is COC(=O)C(C=O)=NNc1ccc(S(=O)(=O)O)cc1. The molecular formula is C10H10N2O6S. The molecule has 0 unspecified atom stereocenters. The maximum Gasteiger partial charge on any atom is 0.361 e. The lowest BCUT2D eigenvalue weighted by Gasteiger charge is -2.02. The van der Waals surface area contributed by atoms with Crippen LogP contribution in [0.25, 0.3) is 0 Å². The van der Waals surface area contributed by atoms with Crippen LogP contribution in [-0.2, 0) is 24.4 Å². The van der Waals surface area contributed by atoms with Crippen LogP contribution >= 0.6 is 0 Å². The van der Waals surface area contributed by atoms with Gasteiger partial charge in [0.25, 0.3) is 10.1 Å². The van der Waals surface area contributed by atoms with Gasteiger partial charge in [0.05, 0.1) is 17.7 Å². The van der Waals surface area contributed by atoms with Crippen molar-refractivity contribution in [3.8, 4) is 0 Å². The highest BCUT2D eigenvalue weighted by Crippen LogP contribution is 2.13. The molecule has 0 bridgehead atoms. The van der Waals surface area contributed by atoms with Gasteiger partial charge in [0.1, 0.15) is 0 Å². The normalized spacial score (nSPS) is 11.8. The predicted molar refractivity (Wildman–Crippen MR) is 65.4 cm³/mol. The Balaban J connectivity index is 2.87. The molecule has 0 radical (unpaired) electrons. The number of carbonyl (C=O) groups excluding carboxylic acids is 2. The number of esters is 1. The van der Waals surface area contributed by atoms with Crippen LogP contribution in [0.2, 0.25) is 0 Å². The standard InChI is InChI=1S/C10H10N2O6S/c1-18-10(14)9(6-13)12-11-7-2-4-8(5-3-7)19(15,16)17/h2-6,11H,1H3,(H,15,16,17). The van der Waals surface area contributed by atoms with Gasteiger partial charge in [0.2, 0.25) is 5.71 Å². The Morgan fingerprint density at radius 1 is 1.37 bits per heavy atom. The second-order valence-electron chi connectivity index (χ2n) is 3.22. The highest BCUT2D eigenvalue weighted by molar-refractivity contribution is 7.85. The molecule has 9 heteroatoms. The van der Waals surface area contributed by atoms with Gasteiger partial charge < -0.3 is 4.74 Å². The Bertz CT molecular complexity index is 605. The van der Waals surface area contributed by atoms with Crippen molar-refractivity contribution in [1.82, 2.24) is 0 Å². The van der Waals surface area contributed by atoms with Crippen LogP contribution in [0.5, 0.6) is 0 Å². The van der Waals surface area contributed by atoms with E-state index in [1.807, 2.05) is 0 Å². The molecule has 1 aromatic rings. The van der Waals surface area contributed by atoms with E-state index in [2.05, 4.69) is 15.3 Å². The van der Waals surface area contributed by atoms with E-state index in [9.17, 15) is 18.0 Å². The summed E-state index contributed by atoms with van der Waals surface area (Å²) in [6.45, 7) is 0. The van der Waals surface area contributed by atoms with Crippen LogP contribution in [0.1, 0.15) is 0 Å². The van der Waals surface area contributed by atoms with E-state index in [0.717, 1.165) is 19.2 Å². The number of benzene rings is 1. The van der Waals surface area contributed by atoms with E-state index in [1.165, 1.54) is 12.1 Å². The van der Waals surface area contributed by atoms with Gasteiger partial charge in [-0.3, -0.25) is 14.8 Å². The Labute approximate surface area is 108 Å². The van der Waals surface area contributed by atoms with Crippen LogP contribution < -0.4 is 5.43 Å². The zero-order valence-corrected chi connectivity index (χ0v) is 10.5. The second-order valence-corrected chi connectivity index (χ2v) is 4.64. The number of hydrogen-bond acceptors (Lipinski definition) is 7. The minimum absolute atomic E-state index is 0.214. The summed E-state index contributed by atoms with van der Waals surface area (Å²) in [5.74, 6) is -0.906. The maximum atomic E-state index is 11.0. The number of ether oxygens (including phenoxy) is 1. The van der Waals surface area contributed by atoms with E-state index in [0.29, 0.717) is 5.69 Å². The Hall–Kier alpha value is -2.26. The van der Waals surface area contributed by atoms with Gasteiger partial charge in [-0.05, 0) is 24.3 Å². The number of anilines is 1. The quantitative estimate of drug-likeness (QED) is 0.196. The number of nitrogens with one attached hydrogen (secondary N) is 1. The second kappa shape index (κ2) is 6.07. The molecule has 19 heavy (non-hydrogen) atoms. The van der Waals surface area contributed by atoms with Crippen molar-refractivity contribution in [3.05, 3.63) is 24.3 Å². The highest BCUT2D eigenvalue weighted by Gasteiger charge is 2.11. The molecule has 0 fully saturated rings. The fraction of sp³-hybridized carbons (Fsp3) is 0.100. The number of hydrogen-bond donors (Lipinski definition) is 2. The first-order valence-corrected chi connectivity index (χ1v) is 6.27. The smallest absolute Gasteiger partial charge is 0.361 e. The Morgan fingerprint density at radius 2 is 1.95 bits per heavy atom. The molecule has 0 aliphatic rings. The average molecular weight is 286 g/mol. The van der Waals surface area contributed by atoms with Crippen molar-refractivity contribution in [2.75, 3.05) is 12.5 Å². The van der Waals surface area contributed by atoms with Gasteiger partial charge in [-0.2, -0.15) is 13.5 Å². The summed E-state index contributed by atoms with van der Waals surface area (Å²) in [7, 11) is -3.17. The van der Waals surface area contributed by atoms with E-state index in [1.54, 1.807) is 0 Å². The van der Waals surface area contributed by atoms with Gasteiger partial charge in [-0.1, -0.05) is 0 Å². The third-order valence-electron chi connectivity index (χ3n) is 1.96. The molecule has 0 amide bonds. The first-order chi connectivity index (χ1) is 8.88. The molecule has 2 N–H and O–H groups in total. The lowest BCUT2D eigenvalue weighted by atomic mass is 10.3. The zero-order chi connectivity index (χ0) is 14.5. The molecule has 0 atom stereocenters. The fourth-order valence-electron chi connectivity index (χ4n) is 1.05. The third kappa shape index (κ3) is 4.16. The van der Waals surface area contributed by atoms with Crippen molar-refractivity contribution >= 4 is 33.8 Å².